The van der Waals surface area contributed by atoms with E-state index in [1.54, 1.807) is 6.07 Å². The molecular formula is C12H13Cl3N2O. The van der Waals surface area contributed by atoms with E-state index in [2.05, 4.69) is 10.6 Å². The molecule has 1 aliphatic rings. The molecule has 1 amide bonds. The monoisotopic (exact) mass is 306 g/mol. The lowest BCUT2D eigenvalue weighted by Gasteiger charge is -2.22. The van der Waals surface area contributed by atoms with Crippen molar-refractivity contribution in [3.05, 3.63) is 27.2 Å². The number of hydrogen-bond donors (Lipinski definition) is 2. The summed E-state index contributed by atoms with van der Waals surface area (Å²) in [6.07, 6.45) is 0.803. The smallest absolute Gasteiger partial charge is 0.231 e. The average molecular weight is 308 g/mol. The Labute approximate surface area is 121 Å². The van der Waals surface area contributed by atoms with Gasteiger partial charge >= 0.3 is 0 Å². The van der Waals surface area contributed by atoms with Crippen LogP contribution in [0, 0.1) is 5.41 Å². The Morgan fingerprint density at radius 2 is 1.94 bits per heavy atom. The van der Waals surface area contributed by atoms with Crippen molar-refractivity contribution in [1.82, 2.24) is 5.32 Å². The van der Waals surface area contributed by atoms with Gasteiger partial charge in [-0.3, -0.25) is 4.79 Å². The van der Waals surface area contributed by atoms with Crippen LogP contribution >= 0.6 is 34.8 Å². The second-order valence-corrected chi connectivity index (χ2v) is 5.91. The second-order valence-electron chi connectivity index (χ2n) is 4.69. The number of nitrogens with one attached hydrogen (secondary N) is 2. The fraction of sp³-hybridized carbons (Fsp3) is 0.417. The van der Waals surface area contributed by atoms with Crippen LogP contribution in [0.2, 0.25) is 15.1 Å². The van der Waals surface area contributed by atoms with E-state index in [9.17, 15) is 4.79 Å². The van der Waals surface area contributed by atoms with Gasteiger partial charge in [0.25, 0.3) is 0 Å². The van der Waals surface area contributed by atoms with Crippen molar-refractivity contribution in [2.75, 3.05) is 18.4 Å². The molecule has 98 valence electrons. The van der Waals surface area contributed by atoms with Gasteiger partial charge in [-0.15, -0.1) is 0 Å². The number of benzene rings is 1. The first-order valence-electron chi connectivity index (χ1n) is 5.59. The van der Waals surface area contributed by atoms with E-state index in [-0.39, 0.29) is 5.91 Å². The van der Waals surface area contributed by atoms with Crippen LogP contribution in [0.3, 0.4) is 0 Å². The number of amides is 1. The molecular weight excluding hydrogens is 295 g/mol. The molecule has 0 bridgehead atoms. The quantitative estimate of drug-likeness (QED) is 0.820. The standard InChI is InChI=1S/C12H13Cl3N2O/c1-12(2-3-16-6-12)11(18)17-10-5-8(14)7(13)4-9(10)15/h4-5,16H,2-3,6H2,1H3,(H,17,18). The van der Waals surface area contributed by atoms with Crippen molar-refractivity contribution in [2.24, 2.45) is 5.41 Å². The van der Waals surface area contributed by atoms with Crippen molar-refractivity contribution < 1.29 is 4.79 Å². The molecule has 1 fully saturated rings. The lowest BCUT2D eigenvalue weighted by molar-refractivity contribution is -0.123. The fourth-order valence-electron chi connectivity index (χ4n) is 1.90. The lowest BCUT2D eigenvalue weighted by atomic mass is 9.89. The molecule has 3 nitrogen and oxygen atoms in total. The molecule has 0 spiro atoms. The largest absolute Gasteiger partial charge is 0.324 e. The van der Waals surface area contributed by atoms with Crippen LogP contribution in [-0.2, 0) is 4.79 Å². The molecule has 0 aromatic heterocycles. The van der Waals surface area contributed by atoms with E-state index in [0.29, 0.717) is 27.3 Å². The minimum atomic E-state index is -0.407. The molecule has 2 rings (SSSR count). The van der Waals surface area contributed by atoms with Crippen molar-refractivity contribution in [3.8, 4) is 0 Å². The Hall–Kier alpha value is -0.480. The third-order valence-electron chi connectivity index (χ3n) is 3.18. The van der Waals surface area contributed by atoms with Crippen LogP contribution in [0.25, 0.3) is 0 Å². The number of hydrogen-bond acceptors (Lipinski definition) is 2. The van der Waals surface area contributed by atoms with E-state index in [4.69, 9.17) is 34.8 Å². The lowest BCUT2D eigenvalue weighted by Crippen LogP contribution is -2.35. The Bertz CT molecular complexity index is 484. The summed E-state index contributed by atoms with van der Waals surface area (Å²) in [5, 5.41) is 7.10. The van der Waals surface area contributed by atoms with Gasteiger partial charge in [0.1, 0.15) is 0 Å². The van der Waals surface area contributed by atoms with Crippen molar-refractivity contribution >= 4 is 46.4 Å². The molecule has 1 aliphatic heterocycles. The number of carbonyl (C=O) groups excluding carboxylic acids is 1. The first kappa shape index (κ1) is 13.9. The van der Waals surface area contributed by atoms with Crippen molar-refractivity contribution in [3.63, 3.8) is 0 Å². The molecule has 1 aromatic rings. The number of carbonyl (C=O) groups is 1. The van der Waals surface area contributed by atoms with E-state index >= 15 is 0 Å². The molecule has 0 aliphatic carbocycles. The van der Waals surface area contributed by atoms with Crippen molar-refractivity contribution in [2.45, 2.75) is 13.3 Å². The summed E-state index contributed by atoms with van der Waals surface area (Å²) < 4.78 is 0. The topological polar surface area (TPSA) is 41.1 Å². The molecule has 0 saturated carbocycles. The summed E-state index contributed by atoms with van der Waals surface area (Å²) in [5.74, 6) is -0.0622. The number of anilines is 1. The van der Waals surface area contributed by atoms with E-state index in [1.165, 1.54) is 6.07 Å². The maximum atomic E-state index is 12.2. The Balaban J connectivity index is 2.19. The molecule has 1 atom stereocenters. The van der Waals surface area contributed by atoms with Crippen LogP contribution < -0.4 is 10.6 Å². The zero-order valence-electron chi connectivity index (χ0n) is 9.82. The Morgan fingerprint density at radius 1 is 1.28 bits per heavy atom. The molecule has 1 saturated heterocycles. The third-order valence-corrected chi connectivity index (χ3v) is 4.21. The van der Waals surface area contributed by atoms with Gasteiger partial charge in [-0.05, 0) is 32.0 Å². The molecule has 0 radical (unpaired) electrons. The summed E-state index contributed by atoms with van der Waals surface area (Å²) in [6, 6.07) is 3.09. The Morgan fingerprint density at radius 3 is 2.56 bits per heavy atom. The van der Waals surface area contributed by atoms with Crippen LogP contribution in [0.4, 0.5) is 5.69 Å². The average Bonchev–Trinajstić information content (AvgIpc) is 2.74. The maximum absolute atomic E-state index is 12.2. The van der Waals surface area contributed by atoms with Crippen LogP contribution in [0.5, 0.6) is 0 Å². The highest BCUT2D eigenvalue weighted by Crippen LogP contribution is 2.34. The van der Waals surface area contributed by atoms with Gasteiger partial charge in [-0.1, -0.05) is 34.8 Å². The summed E-state index contributed by atoms with van der Waals surface area (Å²) in [4.78, 5) is 12.2. The zero-order chi connectivity index (χ0) is 13.3. The zero-order valence-corrected chi connectivity index (χ0v) is 12.1. The van der Waals surface area contributed by atoms with Crippen LogP contribution in [-0.4, -0.2) is 19.0 Å². The maximum Gasteiger partial charge on any atom is 0.231 e. The molecule has 18 heavy (non-hydrogen) atoms. The SMILES string of the molecule is CC1(C(=O)Nc2cc(Cl)c(Cl)cc2Cl)CCNC1. The first-order chi connectivity index (χ1) is 8.42. The van der Waals surface area contributed by atoms with E-state index < -0.39 is 5.41 Å². The highest BCUT2D eigenvalue weighted by molar-refractivity contribution is 6.44. The van der Waals surface area contributed by atoms with Gasteiger partial charge in [0.2, 0.25) is 5.91 Å². The van der Waals surface area contributed by atoms with Crippen LogP contribution in [0.1, 0.15) is 13.3 Å². The molecule has 1 unspecified atom stereocenters. The highest BCUT2D eigenvalue weighted by Gasteiger charge is 2.36. The summed E-state index contributed by atoms with van der Waals surface area (Å²) >= 11 is 17.8. The van der Waals surface area contributed by atoms with Gasteiger partial charge in [-0.25, -0.2) is 0 Å². The van der Waals surface area contributed by atoms with Gasteiger partial charge in [-0.2, -0.15) is 0 Å². The summed E-state index contributed by atoms with van der Waals surface area (Å²) in [6.45, 7) is 3.44. The second kappa shape index (κ2) is 5.25. The van der Waals surface area contributed by atoms with Gasteiger partial charge in [0.15, 0.2) is 0 Å². The van der Waals surface area contributed by atoms with Gasteiger partial charge in [0, 0.05) is 6.54 Å². The van der Waals surface area contributed by atoms with Crippen molar-refractivity contribution in [1.29, 1.82) is 0 Å². The summed E-state index contributed by atoms with van der Waals surface area (Å²) in [7, 11) is 0. The normalized spacial score (nSPS) is 23.1. The van der Waals surface area contributed by atoms with E-state index in [1.807, 2.05) is 6.92 Å². The highest BCUT2D eigenvalue weighted by atomic mass is 35.5. The number of halogens is 3. The van der Waals surface area contributed by atoms with E-state index in [0.717, 1.165) is 13.0 Å². The number of rotatable bonds is 2. The van der Waals surface area contributed by atoms with Gasteiger partial charge in [0.05, 0.1) is 26.2 Å². The minimum Gasteiger partial charge on any atom is -0.324 e. The fourth-order valence-corrected chi connectivity index (χ4v) is 2.50. The molecule has 1 aromatic carbocycles. The molecule has 1 heterocycles. The van der Waals surface area contributed by atoms with Gasteiger partial charge < -0.3 is 10.6 Å². The Kier molecular flexibility index (Phi) is 4.07. The van der Waals surface area contributed by atoms with Crippen LogP contribution in [0.15, 0.2) is 12.1 Å². The molecule has 6 heteroatoms. The third kappa shape index (κ3) is 2.75. The summed E-state index contributed by atoms with van der Waals surface area (Å²) in [5.41, 5.74) is 0.0827. The predicted molar refractivity (Wildman–Crippen MR) is 75.7 cm³/mol. The first-order valence-corrected chi connectivity index (χ1v) is 6.72. The molecule has 2 N–H and O–H groups in total. The minimum absolute atomic E-state index is 0.0622. The predicted octanol–water partition coefficient (Wildman–Crippen LogP) is 3.58.